The highest BCUT2D eigenvalue weighted by molar-refractivity contribution is 6.31. The van der Waals surface area contributed by atoms with Crippen molar-refractivity contribution in [2.45, 2.75) is 104 Å². The number of benzene rings is 2. The van der Waals surface area contributed by atoms with Crippen molar-refractivity contribution in [2.24, 2.45) is 5.10 Å². The summed E-state index contributed by atoms with van der Waals surface area (Å²) in [6.07, 6.45) is 15.9. The second kappa shape index (κ2) is 18.7. The predicted molar refractivity (Wildman–Crippen MR) is 172 cm³/mol. The van der Waals surface area contributed by atoms with Gasteiger partial charge in [-0.3, -0.25) is 10.1 Å². The minimum Gasteiger partial charge on any atom is -0.490 e. The summed E-state index contributed by atoms with van der Waals surface area (Å²) in [7, 11) is 0. The molecular formula is C33H45Cl2N3O4. The van der Waals surface area contributed by atoms with Crippen molar-refractivity contribution in [2.75, 3.05) is 18.2 Å². The Balaban J connectivity index is 1.34. The highest BCUT2D eigenvalue weighted by Gasteiger charge is 2.26. The number of ether oxygens (including phenoxy) is 2. The normalized spacial score (nSPS) is 12.9. The molecule has 0 fully saturated rings. The van der Waals surface area contributed by atoms with Crippen LogP contribution in [0.1, 0.15) is 102 Å². The van der Waals surface area contributed by atoms with Crippen LogP contribution in [0.25, 0.3) is 0 Å². The molecule has 0 bridgehead atoms. The third kappa shape index (κ3) is 11.8. The van der Waals surface area contributed by atoms with Crippen LogP contribution in [0.5, 0.6) is 5.75 Å². The molecule has 2 aromatic rings. The topological polar surface area (TPSA) is 80.2 Å². The zero-order valence-corrected chi connectivity index (χ0v) is 26.6. The number of hydrazone groups is 1. The largest absolute Gasteiger partial charge is 0.490 e. The van der Waals surface area contributed by atoms with Gasteiger partial charge in [0.05, 0.1) is 12.1 Å². The molecule has 0 saturated heterocycles. The Hall–Kier alpha value is -2.77. The first-order valence-electron chi connectivity index (χ1n) is 15.4. The van der Waals surface area contributed by atoms with Crippen LogP contribution in [-0.2, 0) is 16.0 Å². The maximum Gasteiger partial charge on any atom is 0.412 e. The summed E-state index contributed by atoms with van der Waals surface area (Å²) in [5.41, 5.74) is 2.54. The van der Waals surface area contributed by atoms with E-state index < -0.39 is 6.09 Å². The van der Waals surface area contributed by atoms with Crippen molar-refractivity contribution in [1.82, 2.24) is 5.32 Å². The van der Waals surface area contributed by atoms with Gasteiger partial charge in [-0.05, 0) is 61.2 Å². The van der Waals surface area contributed by atoms with Gasteiger partial charge in [-0.25, -0.2) is 4.79 Å². The molecule has 42 heavy (non-hydrogen) atoms. The number of amidine groups is 1. The van der Waals surface area contributed by atoms with Crippen molar-refractivity contribution in [3.63, 3.8) is 0 Å². The van der Waals surface area contributed by atoms with Gasteiger partial charge in [0.1, 0.15) is 24.8 Å². The van der Waals surface area contributed by atoms with Crippen LogP contribution < -0.4 is 15.1 Å². The van der Waals surface area contributed by atoms with E-state index in [2.05, 4.69) is 17.3 Å². The molecule has 1 aliphatic heterocycles. The van der Waals surface area contributed by atoms with Gasteiger partial charge >= 0.3 is 6.09 Å². The van der Waals surface area contributed by atoms with E-state index in [9.17, 15) is 9.59 Å². The van der Waals surface area contributed by atoms with Crippen molar-refractivity contribution >= 4 is 46.7 Å². The van der Waals surface area contributed by atoms with Gasteiger partial charge in [-0.15, -0.1) is 0 Å². The van der Waals surface area contributed by atoms with Crippen LogP contribution in [0.15, 0.2) is 41.5 Å². The van der Waals surface area contributed by atoms with Crippen LogP contribution in [0.3, 0.4) is 0 Å². The van der Waals surface area contributed by atoms with E-state index in [4.69, 9.17) is 32.7 Å². The number of amides is 2. The van der Waals surface area contributed by atoms with Gasteiger partial charge in [0.25, 0.3) is 5.91 Å². The first-order chi connectivity index (χ1) is 20.4. The number of hydrogen-bond acceptors (Lipinski definition) is 5. The molecule has 9 heteroatoms. The fourth-order valence-electron chi connectivity index (χ4n) is 4.93. The zero-order valence-electron chi connectivity index (χ0n) is 25.1. The van der Waals surface area contributed by atoms with Crippen LogP contribution in [0.4, 0.5) is 10.5 Å². The van der Waals surface area contributed by atoms with E-state index in [1.807, 2.05) is 19.1 Å². The summed E-state index contributed by atoms with van der Waals surface area (Å²) in [6, 6.07) is 10.7. The Morgan fingerprint density at radius 3 is 2.26 bits per heavy atom. The average Bonchev–Trinajstić information content (AvgIpc) is 3.33. The number of nitrogens with zero attached hydrogens (tertiary/aromatic N) is 2. The second-order valence-electron chi connectivity index (χ2n) is 10.9. The van der Waals surface area contributed by atoms with Gasteiger partial charge in [0.15, 0.2) is 0 Å². The summed E-state index contributed by atoms with van der Waals surface area (Å²) in [4.78, 5) is 24.6. The van der Waals surface area contributed by atoms with E-state index in [-0.39, 0.29) is 31.4 Å². The smallest absolute Gasteiger partial charge is 0.412 e. The number of unbranched alkanes of at least 4 members (excludes halogenated alkanes) is 11. The molecule has 0 spiro atoms. The van der Waals surface area contributed by atoms with Gasteiger partial charge in [-0.1, -0.05) is 107 Å². The Morgan fingerprint density at radius 1 is 0.929 bits per heavy atom. The maximum atomic E-state index is 12.3. The lowest BCUT2D eigenvalue weighted by atomic mass is 10.0. The number of aryl methyl sites for hydroxylation is 2. The standard InChI is InChI=1S/C33H45Cl2N3O4/c1-3-4-5-6-7-8-9-10-11-12-13-14-16-26-22-29(35)25(2)21-30(26)41-19-20-42-33(40)36-31-24-32(39)38(37-31)28-18-15-17-27(34)23-28/h15,17-18,21-23H,3-14,16,19-20,24H2,1-2H3,(H,36,37,40). The van der Waals surface area contributed by atoms with E-state index in [0.29, 0.717) is 10.7 Å². The van der Waals surface area contributed by atoms with E-state index in [0.717, 1.165) is 34.7 Å². The molecule has 1 heterocycles. The number of hydrogen-bond donors (Lipinski definition) is 1. The maximum absolute atomic E-state index is 12.3. The summed E-state index contributed by atoms with van der Waals surface area (Å²) in [5.74, 6) is 0.713. The van der Waals surface area contributed by atoms with Gasteiger partial charge in [0.2, 0.25) is 0 Å². The highest BCUT2D eigenvalue weighted by Crippen LogP contribution is 2.29. The van der Waals surface area contributed by atoms with Crippen LogP contribution in [0.2, 0.25) is 10.0 Å². The molecule has 0 unspecified atom stereocenters. The minimum atomic E-state index is -0.693. The van der Waals surface area contributed by atoms with Crippen LogP contribution in [0, 0.1) is 6.92 Å². The lowest BCUT2D eigenvalue weighted by Gasteiger charge is -2.14. The van der Waals surface area contributed by atoms with Crippen molar-refractivity contribution < 1.29 is 19.1 Å². The van der Waals surface area contributed by atoms with E-state index in [1.54, 1.807) is 24.3 Å². The number of rotatable bonds is 18. The van der Waals surface area contributed by atoms with Crippen LogP contribution >= 0.6 is 23.2 Å². The quantitative estimate of drug-likeness (QED) is 0.169. The highest BCUT2D eigenvalue weighted by atomic mass is 35.5. The van der Waals surface area contributed by atoms with Crippen molar-refractivity contribution in [1.29, 1.82) is 0 Å². The number of anilines is 1. The minimum absolute atomic E-state index is 0.0371. The number of alkyl carbamates (subject to hydrolysis) is 1. The van der Waals surface area contributed by atoms with E-state index in [1.165, 1.54) is 75.6 Å². The summed E-state index contributed by atoms with van der Waals surface area (Å²) < 4.78 is 11.2. The fourth-order valence-corrected chi connectivity index (χ4v) is 5.30. The molecule has 0 saturated carbocycles. The number of carbonyl (C=O) groups is 2. The average molecular weight is 619 g/mol. The third-order valence-electron chi connectivity index (χ3n) is 7.29. The van der Waals surface area contributed by atoms with Crippen molar-refractivity contribution in [3.05, 3.63) is 57.6 Å². The SMILES string of the molecule is CCCCCCCCCCCCCCc1cc(Cl)c(C)cc1OCCOC(=O)NC1=NN(c2cccc(Cl)c2)C(=O)C1. The molecule has 0 aromatic heterocycles. The molecule has 0 aliphatic carbocycles. The molecule has 1 N–H and O–H groups in total. The van der Waals surface area contributed by atoms with Gasteiger partial charge < -0.3 is 9.47 Å². The Kier molecular flexibility index (Phi) is 15.0. The summed E-state index contributed by atoms with van der Waals surface area (Å²) in [6.45, 7) is 4.45. The lowest BCUT2D eigenvalue weighted by Crippen LogP contribution is -2.31. The van der Waals surface area contributed by atoms with Gasteiger partial charge in [-0.2, -0.15) is 10.1 Å². The monoisotopic (exact) mass is 617 g/mol. The third-order valence-corrected chi connectivity index (χ3v) is 7.93. The molecule has 0 radical (unpaired) electrons. The molecule has 1 aliphatic rings. The number of nitrogens with one attached hydrogen (secondary N) is 1. The molecule has 3 rings (SSSR count). The fraction of sp³-hybridized carbons (Fsp3) is 0.545. The zero-order chi connectivity index (χ0) is 30.2. The van der Waals surface area contributed by atoms with Crippen molar-refractivity contribution in [3.8, 4) is 5.75 Å². The first-order valence-corrected chi connectivity index (χ1v) is 16.1. The Morgan fingerprint density at radius 2 is 1.60 bits per heavy atom. The molecular weight excluding hydrogens is 573 g/mol. The molecule has 230 valence electrons. The summed E-state index contributed by atoms with van der Waals surface area (Å²) in [5, 5.41) is 9.15. The van der Waals surface area contributed by atoms with E-state index >= 15 is 0 Å². The van der Waals surface area contributed by atoms with Crippen LogP contribution in [-0.4, -0.2) is 31.0 Å². The van der Waals surface area contributed by atoms with Gasteiger partial charge in [0, 0.05) is 10.0 Å². The Labute approximate surface area is 260 Å². The summed E-state index contributed by atoms with van der Waals surface area (Å²) >= 11 is 12.4. The molecule has 0 atom stereocenters. The Bertz CT molecular complexity index is 1190. The molecule has 2 aromatic carbocycles. The molecule has 7 nitrogen and oxygen atoms in total. The predicted octanol–water partition coefficient (Wildman–Crippen LogP) is 9.40. The number of halogens is 2. The first kappa shape index (κ1) is 33.7. The molecule has 2 amide bonds. The lowest BCUT2D eigenvalue weighted by molar-refractivity contribution is -0.116. The number of carbonyl (C=O) groups excluding carboxylic acids is 2. The second-order valence-corrected chi connectivity index (χ2v) is 11.7.